The van der Waals surface area contributed by atoms with Crippen molar-refractivity contribution in [3.05, 3.63) is 64.7 Å². The van der Waals surface area contributed by atoms with Crippen molar-refractivity contribution in [1.29, 1.82) is 0 Å². The number of hydrogen-bond donors (Lipinski definition) is 1. The molecule has 0 aliphatic carbocycles. The second-order valence-electron chi connectivity index (χ2n) is 5.78. The van der Waals surface area contributed by atoms with Crippen molar-refractivity contribution in [3.8, 4) is 0 Å². The van der Waals surface area contributed by atoms with Crippen molar-refractivity contribution in [2.24, 2.45) is 0 Å². The van der Waals surface area contributed by atoms with E-state index >= 15 is 0 Å². The molecule has 0 aliphatic rings. The lowest BCUT2D eigenvalue weighted by molar-refractivity contribution is 0.268. The van der Waals surface area contributed by atoms with Crippen LogP contribution in [0.2, 0.25) is 5.02 Å². The molecule has 0 radical (unpaired) electrons. The van der Waals surface area contributed by atoms with Crippen LogP contribution in [-0.4, -0.2) is 14.2 Å². The van der Waals surface area contributed by atoms with E-state index in [1.165, 1.54) is 19.8 Å². The fourth-order valence-electron chi connectivity index (χ4n) is 2.40. The first-order valence-corrected chi connectivity index (χ1v) is 9.71. The molecule has 4 nitrogen and oxygen atoms in total. The van der Waals surface area contributed by atoms with Crippen LogP contribution in [0, 0.1) is 0 Å². The third-order valence-electron chi connectivity index (χ3n) is 3.89. The van der Waals surface area contributed by atoms with Gasteiger partial charge in [-0.2, -0.15) is 0 Å². The molecule has 0 aliphatic heterocycles. The molecule has 2 aromatic rings. The molecule has 1 unspecified atom stereocenters. The summed E-state index contributed by atoms with van der Waals surface area (Å²) >= 11 is 5.95. The smallest absolute Gasteiger partial charge is 0.356 e. The monoisotopic (exact) mass is 367 g/mol. The predicted molar refractivity (Wildman–Crippen MR) is 100.0 cm³/mol. The minimum absolute atomic E-state index is 0.454. The lowest BCUT2D eigenvalue weighted by Crippen LogP contribution is -2.13. The van der Waals surface area contributed by atoms with Crippen LogP contribution in [0.1, 0.15) is 36.7 Å². The van der Waals surface area contributed by atoms with Crippen molar-refractivity contribution in [1.82, 2.24) is 0 Å². The van der Waals surface area contributed by atoms with E-state index in [4.69, 9.17) is 20.6 Å². The van der Waals surface area contributed by atoms with Crippen LogP contribution in [-0.2, 0) is 13.6 Å². The van der Waals surface area contributed by atoms with Crippen molar-refractivity contribution < 1.29 is 13.6 Å². The molecule has 0 amide bonds. The minimum atomic E-state index is -3.38. The highest BCUT2D eigenvalue weighted by Crippen LogP contribution is 2.59. The van der Waals surface area contributed by atoms with Crippen molar-refractivity contribution in [3.63, 3.8) is 0 Å². The second kappa shape index (κ2) is 8.17. The number of hydrogen-bond acceptors (Lipinski definition) is 4. The Hall–Kier alpha value is -1.32. The summed E-state index contributed by atoms with van der Waals surface area (Å²) in [6.45, 7) is 4.28. The molecule has 1 N–H and O–H groups in total. The Bertz CT molecular complexity index is 693. The largest absolute Gasteiger partial charge is 0.368 e. The molecule has 2 aromatic carbocycles. The van der Waals surface area contributed by atoms with Crippen LogP contribution in [0.4, 0.5) is 5.69 Å². The van der Waals surface area contributed by atoms with Crippen molar-refractivity contribution >= 4 is 24.9 Å². The molecular weight excluding hydrogens is 345 g/mol. The first kappa shape index (κ1) is 19.0. The Kier molecular flexibility index (Phi) is 6.47. The average molecular weight is 368 g/mol. The van der Waals surface area contributed by atoms with Crippen LogP contribution in [0.25, 0.3) is 0 Å². The van der Waals surface area contributed by atoms with E-state index in [2.05, 4.69) is 31.3 Å². The number of halogens is 1. The summed E-state index contributed by atoms with van der Waals surface area (Å²) in [4.78, 5) is 0. The molecule has 0 heterocycles. The summed E-state index contributed by atoms with van der Waals surface area (Å²) in [5.41, 5.74) is 2.86. The van der Waals surface area contributed by atoms with Gasteiger partial charge >= 0.3 is 7.60 Å². The van der Waals surface area contributed by atoms with Gasteiger partial charge in [-0.15, -0.1) is 0 Å². The van der Waals surface area contributed by atoms with Gasteiger partial charge in [-0.25, -0.2) is 0 Å². The van der Waals surface area contributed by atoms with E-state index in [1.807, 2.05) is 24.3 Å². The number of rotatable bonds is 7. The average Bonchev–Trinajstić information content (AvgIpc) is 2.60. The molecule has 130 valence electrons. The van der Waals surface area contributed by atoms with Crippen LogP contribution >= 0.6 is 19.2 Å². The minimum Gasteiger partial charge on any atom is -0.368 e. The zero-order valence-electron chi connectivity index (χ0n) is 14.3. The van der Waals surface area contributed by atoms with Gasteiger partial charge in [0.05, 0.1) is 0 Å². The molecule has 0 fully saturated rings. The molecule has 0 saturated carbocycles. The van der Waals surface area contributed by atoms with Gasteiger partial charge in [0.25, 0.3) is 0 Å². The Labute approximate surface area is 148 Å². The Morgan fingerprint density at radius 3 is 1.88 bits per heavy atom. The molecule has 1 atom stereocenters. The maximum Gasteiger partial charge on any atom is 0.356 e. The highest BCUT2D eigenvalue weighted by molar-refractivity contribution is 7.54. The first-order chi connectivity index (χ1) is 11.4. The Morgan fingerprint density at radius 1 is 0.917 bits per heavy atom. The van der Waals surface area contributed by atoms with Crippen LogP contribution in [0.15, 0.2) is 48.5 Å². The van der Waals surface area contributed by atoms with E-state index in [9.17, 15) is 4.57 Å². The molecule has 0 saturated heterocycles. The van der Waals surface area contributed by atoms with E-state index in [0.29, 0.717) is 10.9 Å². The van der Waals surface area contributed by atoms with Gasteiger partial charge in [0, 0.05) is 24.9 Å². The fraction of sp³-hybridized carbons (Fsp3) is 0.333. The van der Waals surface area contributed by atoms with Gasteiger partial charge in [-0.3, -0.25) is 4.57 Å². The summed E-state index contributed by atoms with van der Waals surface area (Å²) < 4.78 is 23.4. The molecular formula is C18H23ClNO3P. The van der Waals surface area contributed by atoms with Crippen LogP contribution in [0.3, 0.4) is 0 Å². The standard InChI is InChI=1S/C18H23ClNO3P/c1-13(2)14-7-11-17(12-8-14)20-18(24(21,22-3)23-4)15-5-9-16(19)10-6-15/h5-13,18,20H,1-4H3. The maximum absolute atomic E-state index is 13.0. The van der Waals surface area contributed by atoms with Gasteiger partial charge in [0.2, 0.25) is 0 Å². The van der Waals surface area contributed by atoms with Crippen LogP contribution in [0.5, 0.6) is 0 Å². The SMILES string of the molecule is COP(=O)(OC)C(Nc1ccc(C(C)C)cc1)c1ccc(Cl)cc1. The van der Waals surface area contributed by atoms with Crippen LogP contribution < -0.4 is 5.32 Å². The summed E-state index contributed by atoms with van der Waals surface area (Å²) in [5.74, 6) is -0.176. The normalized spacial score (nSPS) is 13.1. The fourth-order valence-corrected chi connectivity index (χ4v) is 3.94. The lowest BCUT2D eigenvalue weighted by Gasteiger charge is -2.26. The topological polar surface area (TPSA) is 47.6 Å². The third-order valence-corrected chi connectivity index (χ3v) is 6.22. The summed E-state index contributed by atoms with van der Waals surface area (Å²) in [5, 5.41) is 3.88. The van der Waals surface area contributed by atoms with Gasteiger partial charge in [-0.05, 0) is 41.3 Å². The highest BCUT2D eigenvalue weighted by atomic mass is 35.5. The molecule has 6 heteroatoms. The van der Waals surface area contributed by atoms with Gasteiger partial charge in [-0.1, -0.05) is 49.7 Å². The molecule has 0 bridgehead atoms. The van der Waals surface area contributed by atoms with E-state index in [1.54, 1.807) is 12.1 Å². The van der Waals surface area contributed by atoms with Crippen molar-refractivity contribution in [2.75, 3.05) is 19.5 Å². The van der Waals surface area contributed by atoms with Crippen molar-refractivity contribution in [2.45, 2.75) is 25.5 Å². The van der Waals surface area contributed by atoms with E-state index < -0.39 is 13.4 Å². The zero-order valence-corrected chi connectivity index (χ0v) is 16.0. The maximum atomic E-state index is 13.0. The number of benzene rings is 2. The molecule has 24 heavy (non-hydrogen) atoms. The quantitative estimate of drug-likeness (QED) is 0.604. The molecule has 0 spiro atoms. The zero-order chi connectivity index (χ0) is 17.7. The third kappa shape index (κ3) is 4.40. The first-order valence-electron chi connectivity index (χ1n) is 7.72. The summed E-state index contributed by atoms with van der Waals surface area (Å²) in [7, 11) is -0.608. The summed E-state index contributed by atoms with van der Waals surface area (Å²) in [6, 6.07) is 15.2. The van der Waals surface area contributed by atoms with Gasteiger partial charge in [0.15, 0.2) is 5.78 Å². The van der Waals surface area contributed by atoms with Gasteiger partial charge < -0.3 is 14.4 Å². The molecule has 2 rings (SSSR count). The predicted octanol–water partition coefficient (Wildman–Crippen LogP) is 6.06. The molecule has 0 aromatic heterocycles. The number of nitrogens with one attached hydrogen (secondary N) is 1. The Balaban J connectivity index is 2.35. The lowest BCUT2D eigenvalue weighted by atomic mass is 10.0. The second-order valence-corrected chi connectivity index (χ2v) is 8.54. The van der Waals surface area contributed by atoms with E-state index in [0.717, 1.165) is 11.3 Å². The van der Waals surface area contributed by atoms with E-state index in [-0.39, 0.29) is 0 Å². The highest BCUT2D eigenvalue weighted by Gasteiger charge is 2.35. The summed E-state index contributed by atoms with van der Waals surface area (Å²) in [6.07, 6.45) is 0. The Morgan fingerprint density at radius 2 is 1.42 bits per heavy atom. The van der Waals surface area contributed by atoms with Gasteiger partial charge in [0.1, 0.15) is 0 Å². The number of anilines is 1.